The van der Waals surface area contributed by atoms with E-state index in [4.69, 9.17) is 17.3 Å². The highest BCUT2D eigenvalue weighted by atomic mass is 35.5. The number of nitrogen functional groups attached to an aromatic ring is 1. The second kappa shape index (κ2) is 8.11. The molecule has 1 aromatic heterocycles. The summed E-state index contributed by atoms with van der Waals surface area (Å²) in [5, 5.41) is 8.63. The number of halogens is 4. The maximum atomic E-state index is 13.8. The highest BCUT2D eigenvalue weighted by Crippen LogP contribution is 2.43. The summed E-state index contributed by atoms with van der Waals surface area (Å²) >= 11 is 4.99. The monoisotopic (exact) mass is 445 g/mol. The van der Waals surface area contributed by atoms with Gasteiger partial charge in [-0.1, -0.05) is 28.0 Å². The van der Waals surface area contributed by atoms with Crippen LogP contribution in [0.1, 0.15) is 5.56 Å². The molecule has 0 bridgehead atoms. The highest BCUT2D eigenvalue weighted by Gasteiger charge is 2.36. The van der Waals surface area contributed by atoms with Crippen molar-refractivity contribution < 1.29 is 17.7 Å². The van der Waals surface area contributed by atoms with Crippen LogP contribution in [0, 0.1) is 0 Å². The highest BCUT2D eigenvalue weighted by molar-refractivity contribution is 7.89. The molecule has 1 heterocycles. The molecule has 154 valence electrons. The molecule has 0 aliphatic carbocycles. The van der Waals surface area contributed by atoms with Crippen LogP contribution in [0.4, 0.5) is 30.8 Å². The van der Waals surface area contributed by atoms with E-state index in [1.165, 1.54) is 18.2 Å². The normalized spacial score (nSPS) is 13.0. The van der Waals surface area contributed by atoms with Gasteiger partial charge in [-0.25, -0.2) is 5.10 Å². The van der Waals surface area contributed by atoms with Crippen LogP contribution in [-0.4, -0.2) is 38.1 Å². The summed E-state index contributed by atoms with van der Waals surface area (Å²) in [6, 6.07) is 8.47. The molecule has 0 amide bonds. The van der Waals surface area contributed by atoms with Crippen LogP contribution < -0.4 is 11.1 Å². The van der Waals surface area contributed by atoms with Gasteiger partial charge in [0.05, 0.1) is 10.6 Å². The van der Waals surface area contributed by atoms with Crippen LogP contribution in [0.2, 0.25) is 5.02 Å². The number of rotatable bonds is 5. The number of hydrogen-bond acceptors (Lipinski definition) is 6. The van der Waals surface area contributed by atoms with E-state index in [0.29, 0.717) is 4.90 Å². The molecule has 29 heavy (non-hydrogen) atoms. The van der Waals surface area contributed by atoms with E-state index in [2.05, 4.69) is 20.5 Å². The van der Waals surface area contributed by atoms with Crippen LogP contribution >= 0.6 is 11.6 Å². The second-order valence-electron chi connectivity index (χ2n) is 6.15. The molecule has 0 aliphatic heterocycles. The first-order valence-electron chi connectivity index (χ1n) is 8.13. The number of anilines is 3. The molecule has 1 atom stereocenters. The van der Waals surface area contributed by atoms with Gasteiger partial charge in [0.25, 0.3) is 11.4 Å². The lowest BCUT2D eigenvalue weighted by Crippen LogP contribution is -2.21. The fourth-order valence-corrected chi connectivity index (χ4v) is 3.81. The Balaban J connectivity index is 2.10. The minimum Gasteiger partial charge on any atom is -0.368 e. The van der Waals surface area contributed by atoms with Gasteiger partial charge < -0.3 is 11.1 Å². The van der Waals surface area contributed by atoms with E-state index in [-0.39, 0.29) is 33.7 Å². The summed E-state index contributed by atoms with van der Waals surface area (Å²) in [6.45, 7) is 0. The van der Waals surface area contributed by atoms with E-state index >= 15 is 0 Å². The Hall–Kier alpha value is -2.47. The Morgan fingerprint density at radius 3 is 2.55 bits per heavy atom. The Kier molecular flexibility index (Phi) is 5.94. The van der Waals surface area contributed by atoms with Gasteiger partial charge in [0.15, 0.2) is 0 Å². The van der Waals surface area contributed by atoms with Crippen LogP contribution in [0.3, 0.4) is 0 Å². The molecular weight excluding hydrogens is 429 g/mol. The molecule has 2 aromatic carbocycles. The second-order valence-corrected chi connectivity index (χ2v) is 8.29. The molecule has 0 aliphatic rings. The van der Waals surface area contributed by atoms with Gasteiger partial charge in [0.2, 0.25) is 16.8 Å². The summed E-state index contributed by atoms with van der Waals surface area (Å²) in [6.07, 6.45) is -4.67. The number of nitrogens with zero attached hydrogens (tertiary/aromatic N) is 3. The van der Waals surface area contributed by atoms with Crippen molar-refractivity contribution in [3.8, 4) is 11.1 Å². The van der Waals surface area contributed by atoms with Crippen molar-refractivity contribution >= 4 is 40.5 Å². The predicted molar refractivity (Wildman–Crippen MR) is 108 cm³/mol. The number of nitrogens with two attached hydrogens (primary N) is 1. The average Bonchev–Trinajstić information content (AvgIpc) is 3.04. The lowest BCUT2D eigenvalue weighted by molar-refractivity contribution is -0.137. The smallest absolute Gasteiger partial charge is 0.368 e. The molecule has 7 nitrogen and oxygen atoms in total. The van der Waals surface area contributed by atoms with Crippen LogP contribution in [0.5, 0.6) is 0 Å². The Labute approximate surface area is 172 Å². The van der Waals surface area contributed by atoms with Gasteiger partial charge in [-0.3, -0.25) is 0 Å². The average molecular weight is 446 g/mol. The van der Waals surface area contributed by atoms with E-state index in [9.17, 15) is 17.7 Å². The van der Waals surface area contributed by atoms with Crippen LogP contribution in [-0.2, 0) is 17.5 Å². The molecule has 0 saturated carbocycles. The molecular formula is C17H17ClF3N6OS+. The summed E-state index contributed by atoms with van der Waals surface area (Å²) in [5.74, 6) is 0.0279. The summed E-state index contributed by atoms with van der Waals surface area (Å²) in [4.78, 5) is 4.27. The van der Waals surface area contributed by atoms with E-state index in [1.54, 1.807) is 30.5 Å². The lowest BCUT2D eigenvalue weighted by Gasteiger charge is -2.17. The molecule has 3 rings (SSSR count). The van der Waals surface area contributed by atoms with Gasteiger partial charge in [0.1, 0.15) is 0 Å². The van der Waals surface area contributed by atoms with Gasteiger partial charge in [-0.15, -0.1) is 5.10 Å². The zero-order valence-electron chi connectivity index (χ0n) is 15.3. The summed E-state index contributed by atoms with van der Waals surface area (Å²) in [7, 11) is 3.33. The first-order chi connectivity index (χ1) is 13.6. The largest absolute Gasteiger partial charge is 0.417 e. The fraction of sp³-hybridized carbons (Fsp3) is 0.176. The topological polar surface area (TPSA) is 103 Å². The molecule has 0 radical (unpaired) electrons. The number of aromatic amines is 1. The zero-order chi connectivity index (χ0) is 21.3. The van der Waals surface area contributed by atoms with E-state index < -0.39 is 23.1 Å². The first-order valence-corrected chi connectivity index (χ1v) is 9.65. The molecule has 1 unspecified atom stereocenters. The number of nitrogens with one attached hydrogen (secondary N) is 2. The van der Waals surface area contributed by atoms with Crippen molar-refractivity contribution in [1.82, 2.24) is 19.5 Å². The molecule has 0 saturated heterocycles. The van der Waals surface area contributed by atoms with Gasteiger partial charge in [-0.2, -0.15) is 22.7 Å². The van der Waals surface area contributed by atoms with Crippen LogP contribution in [0.25, 0.3) is 11.1 Å². The van der Waals surface area contributed by atoms with E-state index in [1.807, 2.05) is 0 Å². The SMILES string of the molecule is CN(C)[S+](O)c1cccc(-c2c(Cl)cc(Nc3n[nH]c(N)n3)cc2C(F)(F)F)c1. The van der Waals surface area contributed by atoms with Crippen molar-refractivity contribution in [3.05, 3.63) is 47.0 Å². The molecule has 0 fully saturated rings. The van der Waals surface area contributed by atoms with Gasteiger partial charge in [-0.05, 0) is 23.8 Å². The minimum atomic E-state index is -4.67. The lowest BCUT2D eigenvalue weighted by atomic mass is 9.98. The number of aromatic nitrogens is 3. The van der Waals surface area contributed by atoms with Gasteiger partial charge in [0, 0.05) is 31.4 Å². The fourth-order valence-electron chi connectivity index (χ4n) is 2.63. The number of alkyl halides is 3. The Bertz CT molecular complexity index is 1030. The maximum Gasteiger partial charge on any atom is 0.417 e. The van der Waals surface area contributed by atoms with Gasteiger partial charge >= 0.3 is 6.18 Å². The third kappa shape index (κ3) is 4.75. The predicted octanol–water partition coefficient (Wildman–Crippen LogP) is 4.40. The number of H-pyrrole nitrogens is 1. The molecule has 3 aromatic rings. The van der Waals surface area contributed by atoms with Crippen molar-refractivity contribution in [1.29, 1.82) is 0 Å². The quantitative estimate of drug-likeness (QED) is 0.434. The third-order valence-corrected chi connectivity index (χ3v) is 5.50. The van der Waals surface area contributed by atoms with E-state index in [0.717, 1.165) is 6.07 Å². The van der Waals surface area contributed by atoms with Crippen molar-refractivity contribution in [2.24, 2.45) is 0 Å². The Morgan fingerprint density at radius 1 is 1.24 bits per heavy atom. The number of hydrogen-bond donors (Lipinski definition) is 4. The van der Waals surface area contributed by atoms with Crippen molar-refractivity contribution in [2.75, 3.05) is 25.1 Å². The molecule has 5 N–H and O–H groups in total. The maximum absolute atomic E-state index is 13.8. The summed E-state index contributed by atoms with van der Waals surface area (Å²) < 4.78 is 53.3. The zero-order valence-corrected chi connectivity index (χ0v) is 16.8. The van der Waals surface area contributed by atoms with Crippen molar-refractivity contribution in [3.63, 3.8) is 0 Å². The molecule has 12 heteroatoms. The first kappa shape index (κ1) is 21.2. The Morgan fingerprint density at radius 2 is 1.97 bits per heavy atom. The third-order valence-electron chi connectivity index (χ3n) is 3.83. The standard InChI is InChI=1S/C17H17ClF3N6OS/c1-27(2)29(28)11-5-3-4-9(6-11)14-12(17(19,20)21)7-10(8-13(14)18)23-16-24-15(22)25-26-16/h3-8,28H,1-2H3,(H4,22,23,24,25,26)/q+1. The van der Waals surface area contributed by atoms with Crippen molar-refractivity contribution in [2.45, 2.75) is 11.1 Å². The molecule has 0 spiro atoms. The van der Waals surface area contributed by atoms with Crippen LogP contribution in [0.15, 0.2) is 41.3 Å². The summed E-state index contributed by atoms with van der Waals surface area (Å²) in [5.41, 5.74) is 4.59. The number of benzene rings is 2. The minimum absolute atomic E-state index is 0.0109.